The molecule has 1 aromatic heterocycles. The number of H-pyrrole nitrogens is 2. The number of rotatable bonds is 4. The largest absolute Gasteiger partial charge is 0.335 e. The Morgan fingerprint density at radius 1 is 1.21 bits per heavy atom. The summed E-state index contributed by atoms with van der Waals surface area (Å²) in [4.78, 5) is 28.3. The number of amides is 1. The van der Waals surface area contributed by atoms with Gasteiger partial charge in [-0.1, -0.05) is 19.1 Å². The fourth-order valence-electron chi connectivity index (χ4n) is 1.99. The molecule has 0 saturated carbocycles. The van der Waals surface area contributed by atoms with E-state index < -0.39 is 0 Å². The van der Waals surface area contributed by atoms with Gasteiger partial charge < -0.3 is 10.3 Å². The van der Waals surface area contributed by atoms with Gasteiger partial charge in [0.25, 0.3) is 5.56 Å². The van der Waals surface area contributed by atoms with Crippen LogP contribution >= 0.6 is 24.4 Å². The summed E-state index contributed by atoms with van der Waals surface area (Å²) in [5.74, 6) is -0.363. The maximum absolute atomic E-state index is 11.9. The number of anilines is 1. The van der Waals surface area contributed by atoms with Crippen LogP contribution in [0.15, 0.2) is 35.1 Å². The van der Waals surface area contributed by atoms with Crippen LogP contribution in [0, 0.1) is 4.77 Å². The number of hydrogen-bond donors (Lipinski definition) is 5. The Kier molecular flexibility index (Phi) is 6.21. The zero-order chi connectivity index (χ0) is 17.5. The predicted octanol–water partition coefficient (Wildman–Crippen LogP) is 1.56. The highest BCUT2D eigenvalue weighted by atomic mass is 32.1. The summed E-state index contributed by atoms with van der Waals surface area (Å²) in [7, 11) is 0. The third kappa shape index (κ3) is 5.60. The van der Waals surface area contributed by atoms with E-state index in [1.54, 1.807) is 0 Å². The van der Waals surface area contributed by atoms with Crippen LogP contribution in [0.25, 0.3) is 0 Å². The fraction of sp³-hybridized carbons (Fsp3) is 0.200. The van der Waals surface area contributed by atoms with Crippen LogP contribution in [0.3, 0.4) is 0 Å². The molecule has 0 fully saturated rings. The molecule has 9 heteroatoms. The monoisotopic (exact) mass is 363 g/mol. The van der Waals surface area contributed by atoms with Gasteiger partial charge >= 0.3 is 0 Å². The lowest BCUT2D eigenvalue weighted by molar-refractivity contribution is -0.121. The van der Waals surface area contributed by atoms with E-state index in [0.29, 0.717) is 5.69 Å². The topological polar surface area (TPSA) is 102 Å². The van der Waals surface area contributed by atoms with Gasteiger partial charge in [0, 0.05) is 17.4 Å². The summed E-state index contributed by atoms with van der Waals surface area (Å²) in [6.07, 6.45) is 0.887. The van der Waals surface area contributed by atoms with Crippen molar-refractivity contribution < 1.29 is 4.79 Å². The third-order valence-electron chi connectivity index (χ3n) is 3.08. The van der Waals surface area contributed by atoms with Crippen molar-refractivity contribution in [2.75, 3.05) is 5.32 Å². The highest BCUT2D eigenvalue weighted by molar-refractivity contribution is 7.80. The van der Waals surface area contributed by atoms with E-state index in [1.807, 2.05) is 24.3 Å². The van der Waals surface area contributed by atoms with Crippen LogP contribution in [0.5, 0.6) is 0 Å². The molecule has 126 valence electrons. The van der Waals surface area contributed by atoms with E-state index in [9.17, 15) is 9.59 Å². The zero-order valence-electron chi connectivity index (χ0n) is 12.9. The summed E-state index contributed by atoms with van der Waals surface area (Å²) < 4.78 is 0.172. The molecule has 0 unspecified atom stereocenters. The molecule has 0 bridgehead atoms. The molecule has 0 radical (unpaired) electrons. The fourth-order valence-corrected chi connectivity index (χ4v) is 2.39. The lowest BCUT2D eigenvalue weighted by Gasteiger charge is -2.12. The van der Waals surface area contributed by atoms with Crippen molar-refractivity contribution in [2.45, 2.75) is 19.8 Å². The Labute approximate surface area is 148 Å². The van der Waals surface area contributed by atoms with Crippen molar-refractivity contribution in [1.82, 2.24) is 20.8 Å². The van der Waals surface area contributed by atoms with Crippen LogP contribution in [0.1, 0.15) is 18.2 Å². The number of hydrazine groups is 1. The van der Waals surface area contributed by atoms with Gasteiger partial charge in [-0.3, -0.25) is 25.4 Å². The Bertz CT molecular complexity index is 831. The summed E-state index contributed by atoms with van der Waals surface area (Å²) in [6, 6.07) is 9.09. The third-order valence-corrected chi connectivity index (χ3v) is 3.48. The lowest BCUT2D eigenvalue weighted by atomic mass is 10.1. The molecule has 7 nitrogen and oxygen atoms in total. The molecule has 1 heterocycles. The molecule has 0 aliphatic carbocycles. The minimum absolute atomic E-state index is 0.0332. The molecule has 0 aliphatic rings. The standard InChI is InChI=1S/C15H17N5O2S2/c1-2-9-4-3-5-10(6-9)16-15(24)20-19-13(22)8-11-7-12(21)18-14(23)17-11/h3-7H,2,8H2,1H3,(H,19,22)(H2,16,20,24)(H2,17,18,21,23). The van der Waals surface area contributed by atoms with E-state index in [0.717, 1.165) is 12.1 Å². The van der Waals surface area contributed by atoms with Crippen LogP contribution in [0.2, 0.25) is 0 Å². The molecule has 5 N–H and O–H groups in total. The Morgan fingerprint density at radius 3 is 2.71 bits per heavy atom. The van der Waals surface area contributed by atoms with Gasteiger partial charge in [0.1, 0.15) is 0 Å². The van der Waals surface area contributed by atoms with E-state index in [-0.39, 0.29) is 27.8 Å². The number of aromatic nitrogens is 2. The van der Waals surface area contributed by atoms with E-state index in [1.165, 1.54) is 11.6 Å². The number of aromatic amines is 2. The summed E-state index contributed by atoms with van der Waals surface area (Å²) in [5, 5.41) is 3.24. The van der Waals surface area contributed by atoms with Crippen molar-refractivity contribution in [1.29, 1.82) is 0 Å². The molecular weight excluding hydrogens is 346 g/mol. The Morgan fingerprint density at radius 2 is 2.00 bits per heavy atom. The quantitative estimate of drug-likeness (QED) is 0.417. The first kappa shape index (κ1) is 17.8. The van der Waals surface area contributed by atoms with Gasteiger partial charge in [0.15, 0.2) is 9.88 Å². The number of carbonyl (C=O) groups excluding carboxylic acids is 1. The first-order chi connectivity index (χ1) is 11.5. The van der Waals surface area contributed by atoms with Crippen molar-refractivity contribution in [2.24, 2.45) is 0 Å². The second-order valence-corrected chi connectivity index (χ2v) is 5.79. The van der Waals surface area contributed by atoms with Gasteiger partial charge in [0.05, 0.1) is 6.42 Å². The van der Waals surface area contributed by atoms with Gasteiger partial charge in [-0.2, -0.15) is 0 Å². The number of thiocarbonyl (C=S) groups is 1. The molecule has 2 rings (SSSR count). The minimum atomic E-state index is -0.363. The maximum Gasteiger partial charge on any atom is 0.251 e. The van der Waals surface area contributed by atoms with E-state index in [4.69, 9.17) is 24.4 Å². The molecule has 0 atom stereocenters. The molecule has 24 heavy (non-hydrogen) atoms. The van der Waals surface area contributed by atoms with Crippen molar-refractivity contribution in [3.05, 3.63) is 56.7 Å². The number of carbonyl (C=O) groups is 1. The van der Waals surface area contributed by atoms with Crippen molar-refractivity contribution in [3.8, 4) is 0 Å². The van der Waals surface area contributed by atoms with Crippen molar-refractivity contribution in [3.63, 3.8) is 0 Å². The highest BCUT2D eigenvalue weighted by Gasteiger charge is 2.05. The minimum Gasteiger partial charge on any atom is -0.335 e. The summed E-state index contributed by atoms with van der Waals surface area (Å²) in [6.45, 7) is 2.07. The number of nitrogens with one attached hydrogen (secondary N) is 5. The first-order valence-electron chi connectivity index (χ1n) is 7.23. The van der Waals surface area contributed by atoms with E-state index >= 15 is 0 Å². The van der Waals surface area contributed by atoms with Gasteiger partial charge in [-0.25, -0.2) is 0 Å². The SMILES string of the molecule is CCc1cccc(NC(=S)NNC(=O)Cc2cc(=O)[nH]c(=S)[nH]2)c1. The molecule has 1 aromatic carbocycles. The normalized spacial score (nSPS) is 10.0. The molecule has 0 saturated heterocycles. The van der Waals surface area contributed by atoms with Crippen LogP contribution in [0.4, 0.5) is 5.69 Å². The van der Waals surface area contributed by atoms with Crippen molar-refractivity contribution >= 4 is 41.1 Å². The van der Waals surface area contributed by atoms with Gasteiger partial charge in [-0.15, -0.1) is 0 Å². The zero-order valence-corrected chi connectivity index (χ0v) is 14.6. The highest BCUT2D eigenvalue weighted by Crippen LogP contribution is 2.10. The molecule has 0 aliphatic heterocycles. The predicted molar refractivity (Wildman–Crippen MR) is 99.3 cm³/mol. The van der Waals surface area contributed by atoms with Crippen LogP contribution in [-0.2, 0) is 17.6 Å². The smallest absolute Gasteiger partial charge is 0.251 e. The number of benzene rings is 1. The average molecular weight is 363 g/mol. The van der Waals surface area contributed by atoms with E-state index in [2.05, 4.69) is 33.1 Å². The second kappa shape index (κ2) is 8.37. The molecule has 2 aromatic rings. The lowest BCUT2D eigenvalue weighted by Crippen LogP contribution is -2.44. The van der Waals surface area contributed by atoms with Crippen LogP contribution < -0.4 is 21.7 Å². The first-order valence-corrected chi connectivity index (χ1v) is 8.05. The molecule has 0 spiro atoms. The summed E-state index contributed by atoms with van der Waals surface area (Å²) >= 11 is 9.97. The number of aryl methyl sites for hydroxylation is 1. The molecular formula is C15H17N5O2S2. The number of hydrogen-bond acceptors (Lipinski definition) is 4. The van der Waals surface area contributed by atoms with Gasteiger partial charge in [0.2, 0.25) is 5.91 Å². The second-order valence-electron chi connectivity index (χ2n) is 4.97. The average Bonchev–Trinajstić information content (AvgIpc) is 2.52. The maximum atomic E-state index is 11.9. The Balaban J connectivity index is 1.85. The van der Waals surface area contributed by atoms with Crippen LogP contribution in [-0.4, -0.2) is 21.0 Å². The summed E-state index contributed by atoms with van der Waals surface area (Å²) in [5.41, 5.74) is 7.14. The molecule has 1 amide bonds. The Hall–Kier alpha value is -2.52. The van der Waals surface area contributed by atoms with Gasteiger partial charge in [-0.05, 0) is 48.6 Å².